The van der Waals surface area contributed by atoms with Gasteiger partial charge in [0.05, 0.1) is 0 Å². The summed E-state index contributed by atoms with van der Waals surface area (Å²) in [6, 6.07) is 4.12. The highest BCUT2D eigenvalue weighted by atomic mass is 35.5. The van der Waals surface area contributed by atoms with E-state index in [0.29, 0.717) is 0 Å². The molecule has 1 aromatic rings. The van der Waals surface area contributed by atoms with Crippen molar-refractivity contribution in [3.63, 3.8) is 0 Å². The molecule has 0 aromatic carbocycles. The van der Waals surface area contributed by atoms with Crippen molar-refractivity contribution in [2.24, 2.45) is 0 Å². The average molecular weight is 211 g/mol. The summed E-state index contributed by atoms with van der Waals surface area (Å²) in [4.78, 5) is 6.44. The lowest BCUT2D eigenvalue weighted by molar-refractivity contribution is 0.370. The Kier molecular flexibility index (Phi) is 4.11. The predicted octanol–water partition coefficient (Wildman–Crippen LogP) is 2.22. The molecule has 2 rings (SSSR count). The zero-order chi connectivity index (χ0) is 9.10. The molecule has 0 N–H and O–H groups in total. The maximum Gasteiger partial charge on any atom is 0.0342 e. The van der Waals surface area contributed by atoms with Crippen LogP contribution in [0.25, 0.3) is 5.57 Å². The van der Waals surface area contributed by atoms with Gasteiger partial charge in [0.25, 0.3) is 0 Å². The molecule has 0 radical (unpaired) electrons. The minimum absolute atomic E-state index is 0. The van der Waals surface area contributed by atoms with Crippen LogP contribution in [0, 0.1) is 0 Å². The molecule has 0 saturated heterocycles. The SMILES string of the molecule is CN1CC=C(c2cccnc2)CC1.Cl. The smallest absolute Gasteiger partial charge is 0.0342 e. The van der Waals surface area contributed by atoms with Crippen molar-refractivity contribution in [3.8, 4) is 0 Å². The average Bonchev–Trinajstić information content (AvgIpc) is 2.20. The molecular weight excluding hydrogens is 196 g/mol. The zero-order valence-corrected chi connectivity index (χ0v) is 9.13. The summed E-state index contributed by atoms with van der Waals surface area (Å²) in [5, 5.41) is 0. The van der Waals surface area contributed by atoms with Crippen molar-refractivity contribution >= 4 is 18.0 Å². The van der Waals surface area contributed by atoms with Crippen molar-refractivity contribution in [3.05, 3.63) is 36.2 Å². The first-order chi connectivity index (χ1) is 6.36. The lowest BCUT2D eigenvalue weighted by atomic mass is 10.0. The molecule has 2 heterocycles. The predicted molar refractivity (Wildman–Crippen MR) is 61.6 cm³/mol. The first-order valence-electron chi connectivity index (χ1n) is 4.64. The van der Waals surface area contributed by atoms with E-state index >= 15 is 0 Å². The molecule has 0 amide bonds. The van der Waals surface area contributed by atoms with Gasteiger partial charge in [0, 0.05) is 25.5 Å². The van der Waals surface area contributed by atoms with Gasteiger partial charge in [0.15, 0.2) is 0 Å². The van der Waals surface area contributed by atoms with E-state index in [0.717, 1.165) is 19.5 Å². The molecule has 14 heavy (non-hydrogen) atoms. The van der Waals surface area contributed by atoms with Gasteiger partial charge in [-0.1, -0.05) is 12.1 Å². The van der Waals surface area contributed by atoms with Crippen LogP contribution in [0.2, 0.25) is 0 Å². The Labute approximate surface area is 91.1 Å². The minimum atomic E-state index is 0. The number of likely N-dealkylation sites (N-methyl/N-ethyl adjacent to an activating group) is 1. The van der Waals surface area contributed by atoms with Crippen molar-refractivity contribution in [2.45, 2.75) is 6.42 Å². The summed E-state index contributed by atoms with van der Waals surface area (Å²) in [5.41, 5.74) is 2.71. The van der Waals surface area contributed by atoms with E-state index in [-0.39, 0.29) is 12.4 Å². The summed E-state index contributed by atoms with van der Waals surface area (Å²) >= 11 is 0. The molecular formula is C11H15ClN2. The summed E-state index contributed by atoms with van der Waals surface area (Å²) in [6.07, 6.45) is 7.19. The van der Waals surface area contributed by atoms with E-state index in [2.05, 4.69) is 29.1 Å². The lowest BCUT2D eigenvalue weighted by Crippen LogP contribution is -2.23. The molecule has 0 spiro atoms. The highest BCUT2D eigenvalue weighted by Crippen LogP contribution is 2.20. The number of hydrogen-bond donors (Lipinski definition) is 0. The second-order valence-electron chi connectivity index (χ2n) is 3.48. The van der Waals surface area contributed by atoms with Crippen LogP contribution in [0.1, 0.15) is 12.0 Å². The van der Waals surface area contributed by atoms with Gasteiger partial charge in [-0.05, 0) is 30.7 Å². The Hall–Kier alpha value is -0.860. The number of halogens is 1. The minimum Gasteiger partial charge on any atom is -0.302 e. The van der Waals surface area contributed by atoms with Gasteiger partial charge in [-0.25, -0.2) is 0 Å². The van der Waals surface area contributed by atoms with Crippen LogP contribution in [0.5, 0.6) is 0 Å². The van der Waals surface area contributed by atoms with E-state index in [1.165, 1.54) is 11.1 Å². The number of rotatable bonds is 1. The maximum atomic E-state index is 4.12. The van der Waals surface area contributed by atoms with Crippen LogP contribution in [0.3, 0.4) is 0 Å². The highest BCUT2D eigenvalue weighted by Gasteiger charge is 2.08. The highest BCUT2D eigenvalue weighted by molar-refractivity contribution is 5.85. The molecule has 3 heteroatoms. The molecule has 1 aliphatic rings. The largest absolute Gasteiger partial charge is 0.302 e. The lowest BCUT2D eigenvalue weighted by Gasteiger charge is -2.21. The van der Waals surface area contributed by atoms with Crippen LogP contribution in [0.4, 0.5) is 0 Å². The second-order valence-corrected chi connectivity index (χ2v) is 3.48. The third kappa shape index (κ3) is 2.56. The summed E-state index contributed by atoms with van der Waals surface area (Å²) < 4.78 is 0. The molecule has 0 aliphatic carbocycles. The molecule has 2 nitrogen and oxygen atoms in total. The molecule has 0 saturated carbocycles. The van der Waals surface area contributed by atoms with Crippen LogP contribution in [0.15, 0.2) is 30.6 Å². The molecule has 1 aromatic heterocycles. The third-order valence-corrected chi connectivity index (χ3v) is 2.44. The Morgan fingerprint density at radius 3 is 2.86 bits per heavy atom. The fourth-order valence-corrected chi connectivity index (χ4v) is 1.59. The molecule has 0 unspecified atom stereocenters. The molecule has 76 valence electrons. The maximum absolute atomic E-state index is 4.12. The Morgan fingerprint density at radius 1 is 1.43 bits per heavy atom. The zero-order valence-electron chi connectivity index (χ0n) is 8.31. The topological polar surface area (TPSA) is 16.1 Å². The van der Waals surface area contributed by atoms with Crippen molar-refractivity contribution in [2.75, 3.05) is 20.1 Å². The van der Waals surface area contributed by atoms with Crippen molar-refractivity contribution in [1.29, 1.82) is 0 Å². The van der Waals surface area contributed by atoms with E-state index < -0.39 is 0 Å². The van der Waals surface area contributed by atoms with E-state index in [1.54, 1.807) is 0 Å². The standard InChI is InChI=1S/C11H14N2.ClH/c1-13-7-4-10(5-8-13)11-3-2-6-12-9-11;/h2-4,6,9H,5,7-8H2,1H3;1H. The van der Waals surface area contributed by atoms with Gasteiger partial charge < -0.3 is 4.90 Å². The third-order valence-electron chi connectivity index (χ3n) is 2.44. The Morgan fingerprint density at radius 2 is 2.29 bits per heavy atom. The molecule has 0 atom stereocenters. The molecule has 0 bridgehead atoms. The van der Waals surface area contributed by atoms with Gasteiger partial charge >= 0.3 is 0 Å². The van der Waals surface area contributed by atoms with Crippen LogP contribution in [-0.2, 0) is 0 Å². The van der Waals surface area contributed by atoms with Gasteiger partial charge in [-0.2, -0.15) is 0 Å². The van der Waals surface area contributed by atoms with Gasteiger partial charge in [0.2, 0.25) is 0 Å². The monoisotopic (exact) mass is 210 g/mol. The van der Waals surface area contributed by atoms with Crippen molar-refractivity contribution < 1.29 is 0 Å². The fraction of sp³-hybridized carbons (Fsp3) is 0.364. The van der Waals surface area contributed by atoms with E-state index in [4.69, 9.17) is 0 Å². The van der Waals surface area contributed by atoms with Crippen LogP contribution < -0.4 is 0 Å². The normalized spacial score (nSPS) is 17.1. The molecule has 1 aliphatic heterocycles. The van der Waals surface area contributed by atoms with E-state index in [1.807, 2.05) is 18.5 Å². The van der Waals surface area contributed by atoms with Crippen LogP contribution >= 0.6 is 12.4 Å². The van der Waals surface area contributed by atoms with Gasteiger partial charge in [-0.15, -0.1) is 12.4 Å². The van der Waals surface area contributed by atoms with Crippen molar-refractivity contribution in [1.82, 2.24) is 9.88 Å². The second kappa shape index (κ2) is 5.13. The Bertz CT molecular complexity index is 308. The number of hydrogen-bond acceptors (Lipinski definition) is 2. The van der Waals surface area contributed by atoms with Gasteiger partial charge in [0.1, 0.15) is 0 Å². The van der Waals surface area contributed by atoms with E-state index in [9.17, 15) is 0 Å². The molecule has 0 fully saturated rings. The first kappa shape index (κ1) is 11.2. The summed E-state index contributed by atoms with van der Waals surface area (Å²) in [7, 11) is 2.15. The number of nitrogens with zero attached hydrogens (tertiary/aromatic N) is 2. The first-order valence-corrected chi connectivity index (χ1v) is 4.64. The number of aromatic nitrogens is 1. The Balaban J connectivity index is 0.000000980. The quantitative estimate of drug-likeness (QED) is 0.707. The fourth-order valence-electron chi connectivity index (χ4n) is 1.59. The summed E-state index contributed by atoms with van der Waals surface area (Å²) in [5.74, 6) is 0. The number of pyridine rings is 1. The van der Waals surface area contributed by atoms with Gasteiger partial charge in [-0.3, -0.25) is 4.98 Å². The van der Waals surface area contributed by atoms with Crippen LogP contribution in [-0.4, -0.2) is 30.0 Å². The summed E-state index contributed by atoms with van der Waals surface area (Å²) in [6.45, 7) is 2.21.